The standard InChI is InChI=1S/C27H28FN7O3/c28-19-3-5-22(6-4-19)35-24-23(15-31-35)26(37)34(17-30-24)16-27(38)7-10-33(11-8-27)25(36)18-12-21(13-18)32-20-2-1-9-29-14-20/h1-6,9,14-15,17-18,21,32,38H,7-8,10-13,16H2. The number of fused-ring (bicyclic) bond motifs is 1. The number of aliphatic hydroxyl groups is 1. The van der Waals surface area contributed by atoms with Crippen molar-refractivity contribution in [1.82, 2.24) is 29.2 Å². The molecule has 196 valence electrons. The van der Waals surface area contributed by atoms with Crippen molar-refractivity contribution in [2.75, 3.05) is 18.4 Å². The summed E-state index contributed by atoms with van der Waals surface area (Å²) in [6.07, 6.45) is 8.66. The Hall–Kier alpha value is -4.12. The molecule has 0 radical (unpaired) electrons. The monoisotopic (exact) mass is 517 g/mol. The highest BCUT2D eigenvalue weighted by Gasteiger charge is 2.40. The molecule has 2 N–H and O–H groups in total. The molecule has 6 rings (SSSR count). The number of piperidine rings is 1. The van der Waals surface area contributed by atoms with Crippen molar-refractivity contribution < 1.29 is 14.3 Å². The number of aromatic nitrogens is 5. The molecule has 0 bridgehead atoms. The van der Waals surface area contributed by atoms with Gasteiger partial charge in [0.2, 0.25) is 5.91 Å². The Balaban J connectivity index is 1.07. The fourth-order valence-corrected chi connectivity index (χ4v) is 5.33. The van der Waals surface area contributed by atoms with E-state index in [9.17, 15) is 19.1 Å². The number of hydrogen-bond donors (Lipinski definition) is 2. The number of hydrogen-bond acceptors (Lipinski definition) is 7. The van der Waals surface area contributed by atoms with Gasteiger partial charge in [0.15, 0.2) is 5.65 Å². The van der Waals surface area contributed by atoms with Crippen molar-refractivity contribution >= 4 is 22.6 Å². The number of nitrogens with one attached hydrogen (secondary N) is 1. The summed E-state index contributed by atoms with van der Waals surface area (Å²) in [5.74, 6) is -0.247. The molecule has 1 amide bonds. The molecule has 1 aliphatic heterocycles. The molecule has 0 atom stereocenters. The van der Waals surface area contributed by atoms with E-state index in [1.165, 1.54) is 33.9 Å². The number of anilines is 1. The van der Waals surface area contributed by atoms with E-state index in [0.29, 0.717) is 42.7 Å². The summed E-state index contributed by atoms with van der Waals surface area (Å²) in [5.41, 5.74) is 0.482. The zero-order valence-electron chi connectivity index (χ0n) is 20.7. The zero-order chi connectivity index (χ0) is 26.3. The molecule has 1 saturated carbocycles. The molecule has 2 aliphatic rings. The summed E-state index contributed by atoms with van der Waals surface area (Å²) >= 11 is 0. The van der Waals surface area contributed by atoms with Gasteiger partial charge in [0.25, 0.3) is 5.56 Å². The summed E-state index contributed by atoms with van der Waals surface area (Å²) in [6.45, 7) is 0.970. The summed E-state index contributed by atoms with van der Waals surface area (Å²) in [6, 6.07) is 9.86. The zero-order valence-corrected chi connectivity index (χ0v) is 20.7. The Kier molecular flexibility index (Phi) is 6.15. The number of rotatable bonds is 6. The molecule has 3 aromatic heterocycles. The molecule has 38 heavy (non-hydrogen) atoms. The van der Waals surface area contributed by atoms with E-state index in [2.05, 4.69) is 20.4 Å². The summed E-state index contributed by atoms with van der Waals surface area (Å²) < 4.78 is 16.2. The minimum absolute atomic E-state index is 0.0118. The van der Waals surface area contributed by atoms with Crippen LogP contribution in [0.25, 0.3) is 16.7 Å². The van der Waals surface area contributed by atoms with Crippen LogP contribution in [0.3, 0.4) is 0 Å². The van der Waals surface area contributed by atoms with Crippen LogP contribution in [0, 0.1) is 11.7 Å². The van der Waals surface area contributed by atoms with E-state index in [1.54, 1.807) is 24.5 Å². The Bertz CT molecular complexity index is 1510. The molecule has 0 spiro atoms. The van der Waals surface area contributed by atoms with Crippen LogP contribution in [-0.4, -0.2) is 65.0 Å². The van der Waals surface area contributed by atoms with Gasteiger partial charge in [-0.3, -0.25) is 19.1 Å². The van der Waals surface area contributed by atoms with E-state index < -0.39 is 5.60 Å². The van der Waals surface area contributed by atoms with Crippen molar-refractivity contribution in [3.63, 3.8) is 0 Å². The van der Waals surface area contributed by atoms with Crippen molar-refractivity contribution in [2.24, 2.45) is 5.92 Å². The first-order valence-electron chi connectivity index (χ1n) is 12.8. The molecule has 2 fully saturated rings. The van der Waals surface area contributed by atoms with Crippen molar-refractivity contribution in [2.45, 2.75) is 43.9 Å². The minimum atomic E-state index is -1.12. The van der Waals surface area contributed by atoms with Gasteiger partial charge in [-0.25, -0.2) is 14.1 Å². The smallest absolute Gasteiger partial charge is 0.264 e. The molecule has 1 aromatic carbocycles. The molecule has 4 aromatic rings. The highest BCUT2D eigenvalue weighted by Crippen LogP contribution is 2.33. The number of carbonyl (C=O) groups excluding carboxylic acids is 1. The van der Waals surface area contributed by atoms with Crippen LogP contribution in [0.1, 0.15) is 25.7 Å². The average molecular weight is 518 g/mol. The molecule has 1 aliphatic carbocycles. The molecule has 4 heterocycles. The lowest BCUT2D eigenvalue weighted by molar-refractivity contribution is -0.143. The molecular formula is C27H28FN7O3. The number of benzene rings is 1. The maximum atomic E-state index is 13.3. The van der Waals surface area contributed by atoms with Crippen molar-refractivity contribution in [3.8, 4) is 5.69 Å². The summed E-state index contributed by atoms with van der Waals surface area (Å²) in [7, 11) is 0. The maximum absolute atomic E-state index is 13.3. The fraction of sp³-hybridized carbons (Fsp3) is 0.370. The first-order chi connectivity index (χ1) is 18.4. The number of nitrogens with zero attached hydrogens (tertiary/aromatic N) is 6. The Labute approximate surface area is 217 Å². The van der Waals surface area contributed by atoms with Gasteiger partial charge >= 0.3 is 0 Å². The quantitative estimate of drug-likeness (QED) is 0.403. The molecule has 10 nitrogen and oxygen atoms in total. The number of carbonyl (C=O) groups is 1. The summed E-state index contributed by atoms with van der Waals surface area (Å²) in [4.78, 5) is 36.5. The fourth-order valence-electron chi connectivity index (χ4n) is 5.33. The average Bonchev–Trinajstić information content (AvgIpc) is 3.34. The van der Waals surface area contributed by atoms with Gasteiger partial charge in [0.05, 0.1) is 29.7 Å². The largest absolute Gasteiger partial charge is 0.388 e. The first-order valence-corrected chi connectivity index (χ1v) is 12.8. The van der Waals surface area contributed by atoms with Gasteiger partial charge in [-0.2, -0.15) is 5.10 Å². The topological polar surface area (TPSA) is 118 Å². The van der Waals surface area contributed by atoms with E-state index in [0.717, 1.165) is 18.5 Å². The lowest BCUT2D eigenvalue weighted by Gasteiger charge is -2.42. The normalized spacial score (nSPS) is 20.7. The molecule has 1 saturated heterocycles. The minimum Gasteiger partial charge on any atom is -0.388 e. The van der Waals surface area contributed by atoms with Crippen LogP contribution in [0.5, 0.6) is 0 Å². The van der Waals surface area contributed by atoms with Crippen LogP contribution < -0.4 is 10.9 Å². The molecule has 0 unspecified atom stereocenters. The van der Waals surface area contributed by atoms with Crippen molar-refractivity contribution in [3.05, 3.63) is 77.5 Å². The van der Waals surface area contributed by atoms with Gasteiger partial charge in [-0.15, -0.1) is 0 Å². The van der Waals surface area contributed by atoms with Crippen LogP contribution in [-0.2, 0) is 11.3 Å². The number of likely N-dealkylation sites (tertiary alicyclic amines) is 1. The van der Waals surface area contributed by atoms with Gasteiger partial charge in [0, 0.05) is 37.4 Å². The number of amides is 1. The Morgan fingerprint density at radius 3 is 2.61 bits per heavy atom. The highest BCUT2D eigenvalue weighted by molar-refractivity contribution is 5.80. The van der Waals surface area contributed by atoms with Gasteiger partial charge in [0.1, 0.15) is 17.5 Å². The predicted molar refractivity (Wildman–Crippen MR) is 138 cm³/mol. The van der Waals surface area contributed by atoms with E-state index >= 15 is 0 Å². The van der Waals surface area contributed by atoms with E-state index in [-0.39, 0.29) is 35.8 Å². The van der Waals surface area contributed by atoms with Gasteiger partial charge in [-0.05, 0) is 62.1 Å². The van der Waals surface area contributed by atoms with Crippen LogP contribution in [0.4, 0.5) is 10.1 Å². The Morgan fingerprint density at radius 2 is 1.89 bits per heavy atom. The third-order valence-electron chi connectivity index (χ3n) is 7.62. The maximum Gasteiger partial charge on any atom is 0.264 e. The van der Waals surface area contributed by atoms with Gasteiger partial charge < -0.3 is 15.3 Å². The SMILES string of the molecule is O=C(C1CC(Nc2cccnc2)C1)N1CCC(O)(Cn2cnc3c(cnn3-c3ccc(F)cc3)c2=O)CC1. The predicted octanol–water partition coefficient (Wildman–Crippen LogP) is 2.36. The van der Waals surface area contributed by atoms with E-state index in [1.807, 2.05) is 17.0 Å². The lowest BCUT2D eigenvalue weighted by atomic mass is 9.78. The third kappa shape index (κ3) is 4.65. The van der Waals surface area contributed by atoms with Crippen LogP contribution >= 0.6 is 0 Å². The second-order valence-electron chi connectivity index (χ2n) is 10.2. The number of pyridine rings is 1. The second-order valence-corrected chi connectivity index (χ2v) is 10.2. The number of halogens is 1. The molecular weight excluding hydrogens is 489 g/mol. The van der Waals surface area contributed by atoms with Crippen LogP contribution in [0.2, 0.25) is 0 Å². The lowest BCUT2D eigenvalue weighted by Crippen LogP contribution is -2.53. The van der Waals surface area contributed by atoms with Crippen LogP contribution in [0.15, 0.2) is 66.1 Å². The first kappa shape index (κ1) is 24.2. The molecule has 11 heteroatoms. The van der Waals surface area contributed by atoms with Gasteiger partial charge in [-0.1, -0.05) is 0 Å². The Morgan fingerprint density at radius 1 is 1.13 bits per heavy atom. The second kappa shape index (κ2) is 9.64. The third-order valence-corrected chi connectivity index (χ3v) is 7.62. The van der Waals surface area contributed by atoms with E-state index in [4.69, 9.17) is 0 Å². The highest BCUT2D eigenvalue weighted by atomic mass is 19.1. The van der Waals surface area contributed by atoms with Crippen molar-refractivity contribution in [1.29, 1.82) is 0 Å². The summed E-state index contributed by atoms with van der Waals surface area (Å²) in [5, 5.41) is 19.2.